The topological polar surface area (TPSA) is 108 Å². The van der Waals surface area contributed by atoms with Crippen LogP contribution in [0.3, 0.4) is 0 Å². The second-order valence-corrected chi connectivity index (χ2v) is 10.5. The molecule has 9 heteroatoms. The molecule has 3 atom stereocenters. The van der Waals surface area contributed by atoms with Crippen LogP contribution in [0.4, 0.5) is 10.5 Å². The minimum absolute atomic E-state index is 0.00368. The van der Waals surface area contributed by atoms with Gasteiger partial charge in [0.15, 0.2) is 0 Å². The number of hydrogen-bond donors (Lipinski definition) is 4. The SMILES string of the molecule is CCC(C)N(C(=O)C(CS)NC(=O)OC(C)(C)C)C(C(=O)Nc1c(C)cccc1C)c1cccc(O)c1. The first-order chi connectivity index (χ1) is 17.3. The maximum absolute atomic E-state index is 13.9. The van der Waals surface area contributed by atoms with Crippen molar-refractivity contribution in [3.63, 3.8) is 0 Å². The van der Waals surface area contributed by atoms with Crippen LogP contribution in [0.15, 0.2) is 42.5 Å². The van der Waals surface area contributed by atoms with E-state index in [4.69, 9.17) is 4.74 Å². The maximum Gasteiger partial charge on any atom is 0.408 e. The average molecular weight is 530 g/mol. The van der Waals surface area contributed by atoms with Crippen molar-refractivity contribution in [1.82, 2.24) is 10.2 Å². The van der Waals surface area contributed by atoms with Crippen LogP contribution in [0.1, 0.15) is 63.8 Å². The Hall–Kier alpha value is -3.20. The number of anilines is 1. The Morgan fingerprint density at radius 1 is 1.08 bits per heavy atom. The summed E-state index contributed by atoms with van der Waals surface area (Å²) in [5.74, 6) is -0.959. The van der Waals surface area contributed by atoms with Crippen molar-refractivity contribution in [2.24, 2.45) is 0 Å². The van der Waals surface area contributed by atoms with Gasteiger partial charge in [-0.25, -0.2) is 4.79 Å². The molecule has 2 aromatic carbocycles. The summed E-state index contributed by atoms with van der Waals surface area (Å²) in [7, 11) is 0. The molecule has 3 N–H and O–H groups in total. The minimum Gasteiger partial charge on any atom is -0.508 e. The Kier molecular flexibility index (Phi) is 10.4. The van der Waals surface area contributed by atoms with Crippen LogP contribution in [0.2, 0.25) is 0 Å². The van der Waals surface area contributed by atoms with Gasteiger partial charge >= 0.3 is 6.09 Å². The van der Waals surface area contributed by atoms with Crippen LogP contribution >= 0.6 is 12.6 Å². The second-order valence-electron chi connectivity index (χ2n) is 10.1. The summed E-state index contributed by atoms with van der Waals surface area (Å²) in [6.07, 6.45) is -0.207. The van der Waals surface area contributed by atoms with Gasteiger partial charge in [0.2, 0.25) is 5.91 Å². The summed E-state index contributed by atoms with van der Waals surface area (Å²) in [5, 5.41) is 15.8. The fourth-order valence-electron chi connectivity index (χ4n) is 3.95. The Labute approximate surface area is 225 Å². The van der Waals surface area contributed by atoms with E-state index in [0.717, 1.165) is 11.1 Å². The number of nitrogens with zero attached hydrogens (tertiary/aromatic N) is 1. The van der Waals surface area contributed by atoms with Crippen LogP contribution in [-0.2, 0) is 14.3 Å². The number of benzene rings is 2. The third-order valence-corrected chi connectivity index (χ3v) is 6.30. The van der Waals surface area contributed by atoms with Crippen molar-refractivity contribution in [3.05, 3.63) is 59.2 Å². The lowest BCUT2D eigenvalue weighted by molar-refractivity contribution is -0.142. The van der Waals surface area contributed by atoms with Crippen molar-refractivity contribution in [1.29, 1.82) is 0 Å². The van der Waals surface area contributed by atoms with Crippen molar-refractivity contribution in [3.8, 4) is 5.75 Å². The smallest absolute Gasteiger partial charge is 0.408 e. The lowest BCUT2D eigenvalue weighted by atomic mass is 9.99. The molecule has 0 heterocycles. The number of ether oxygens (including phenoxy) is 1. The predicted molar refractivity (Wildman–Crippen MR) is 149 cm³/mol. The Morgan fingerprint density at radius 3 is 2.19 bits per heavy atom. The molecule has 2 aromatic rings. The summed E-state index contributed by atoms with van der Waals surface area (Å²) in [5.41, 5.74) is 2.10. The van der Waals surface area contributed by atoms with Gasteiger partial charge in [-0.15, -0.1) is 0 Å². The summed E-state index contributed by atoms with van der Waals surface area (Å²) in [6, 6.07) is 9.46. The van der Waals surface area contributed by atoms with E-state index in [0.29, 0.717) is 17.7 Å². The first-order valence-electron chi connectivity index (χ1n) is 12.4. The number of amides is 3. The number of para-hydroxylation sites is 1. The first-order valence-corrected chi connectivity index (χ1v) is 13.0. The molecule has 0 aromatic heterocycles. The van der Waals surface area contributed by atoms with Gasteiger partial charge in [0, 0.05) is 17.5 Å². The number of hydrogen-bond acceptors (Lipinski definition) is 6. The molecule has 0 saturated carbocycles. The molecule has 37 heavy (non-hydrogen) atoms. The zero-order valence-electron chi connectivity index (χ0n) is 22.7. The lowest BCUT2D eigenvalue weighted by Gasteiger charge is -2.38. The summed E-state index contributed by atoms with van der Waals surface area (Å²) in [6.45, 7) is 12.7. The number of alkyl carbamates (subject to hydrolysis) is 1. The molecule has 0 aliphatic heterocycles. The van der Waals surface area contributed by atoms with Gasteiger partial charge < -0.3 is 25.4 Å². The summed E-state index contributed by atoms with van der Waals surface area (Å²) < 4.78 is 5.33. The number of phenols is 1. The lowest BCUT2D eigenvalue weighted by Crippen LogP contribution is -2.55. The molecule has 3 unspecified atom stereocenters. The van der Waals surface area contributed by atoms with E-state index in [9.17, 15) is 19.5 Å². The summed E-state index contributed by atoms with van der Waals surface area (Å²) >= 11 is 4.31. The molecule has 0 aliphatic carbocycles. The van der Waals surface area contributed by atoms with Crippen LogP contribution in [0, 0.1) is 13.8 Å². The fourth-order valence-corrected chi connectivity index (χ4v) is 4.19. The molecule has 2 rings (SSSR count). The summed E-state index contributed by atoms with van der Waals surface area (Å²) in [4.78, 5) is 41.8. The first kappa shape index (κ1) is 30.0. The number of nitrogens with one attached hydrogen (secondary N) is 2. The van der Waals surface area contributed by atoms with Crippen LogP contribution in [-0.4, -0.2) is 51.4 Å². The quantitative estimate of drug-likeness (QED) is 0.337. The second kappa shape index (κ2) is 12.9. The number of carbonyl (C=O) groups excluding carboxylic acids is 3. The van der Waals surface area contributed by atoms with E-state index in [-0.39, 0.29) is 17.5 Å². The van der Waals surface area contributed by atoms with Gasteiger partial charge in [0.05, 0.1) is 0 Å². The van der Waals surface area contributed by atoms with E-state index in [2.05, 4.69) is 23.3 Å². The molecule has 0 aliphatic rings. The standard InChI is InChI=1S/C28H39N3O5S/c1-8-19(4)31(26(34)22(16-37)29-27(35)36-28(5,6)7)24(20-13-10-14-21(32)15-20)25(33)30-23-17(2)11-9-12-18(23)3/h9-15,19,22,24,32,37H,8,16H2,1-7H3,(H,29,35)(H,30,33). The van der Waals surface area contributed by atoms with Crippen molar-refractivity contribution >= 4 is 36.2 Å². The van der Waals surface area contributed by atoms with Crippen LogP contribution in [0.5, 0.6) is 5.75 Å². The Balaban J connectivity index is 2.55. The van der Waals surface area contributed by atoms with Gasteiger partial charge in [-0.05, 0) is 76.8 Å². The van der Waals surface area contributed by atoms with Gasteiger partial charge in [-0.1, -0.05) is 37.3 Å². The fraction of sp³-hybridized carbons (Fsp3) is 0.464. The van der Waals surface area contributed by atoms with E-state index < -0.39 is 35.6 Å². The number of thiol groups is 1. The molecular weight excluding hydrogens is 490 g/mol. The van der Waals surface area contributed by atoms with Crippen LogP contribution in [0.25, 0.3) is 0 Å². The molecular formula is C28H39N3O5S. The zero-order valence-corrected chi connectivity index (χ0v) is 23.6. The monoisotopic (exact) mass is 529 g/mol. The maximum atomic E-state index is 13.9. The van der Waals surface area contributed by atoms with E-state index >= 15 is 0 Å². The average Bonchev–Trinajstić information content (AvgIpc) is 2.81. The third-order valence-electron chi connectivity index (χ3n) is 5.93. The van der Waals surface area contributed by atoms with Crippen molar-refractivity contribution < 1.29 is 24.2 Å². The molecule has 3 amide bonds. The molecule has 0 saturated heterocycles. The number of rotatable bonds is 9. The highest BCUT2D eigenvalue weighted by Crippen LogP contribution is 2.30. The van der Waals surface area contributed by atoms with Gasteiger partial charge in [0.25, 0.3) is 5.91 Å². The molecule has 8 nitrogen and oxygen atoms in total. The van der Waals surface area contributed by atoms with Gasteiger partial charge in [-0.3, -0.25) is 9.59 Å². The molecule has 0 radical (unpaired) electrons. The van der Waals surface area contributed by atoms with E-state index in [1.54, 1.807) is 32.9 Å². The van der Waals surface area contributed by atoms with Crippen molar-refractivity contribution in [2.45, 2.75) is 78.6 Å². The highest BCUT2D eigenvalue weighted by atomic mass is 32.1. The largest absolute Gasteiger partial charge is 0.508 e. The minimum atomic E-state index is -1.09. The Bertz CT molecular complexity index is 1090. The van der Waals surface area contributed by atoms with Crippen LogP contribution < -0.4 is 10.6 Å². The van der Waals surface area contributed by atoms with Crippen molar-refractivity contribution in [2.75, 3.05) is 11.1 Å². The predicted octanol–water partition coefficient (Wildman–Crippen LogP) is 5.14. The Morgan fingerprint density at radius 2 is 1.68 bits per heavy atom. The van der Waals surface area contributed by atoms with Gasteiger partial charge in [-0.2, -0.15) is 12.6 Å². The number of carbonyl (C=O) groups is 3. The number of aromatic hydroxyl groups is 1. The van der Waals surface area contributed by atoms with E-state index in [1.807, 2.05) is 45.9 Å². The van der Waals surface area contributed by atoms with Gasteiger partial charge in [0.1, 0.15) is 23.4 Å². The molecule has 202 valence electrons. The molecule has 0 bridgehead atoms. The number of aryl methyl sites for hydroxylation is 2. The normalized spacial score (nSPS) is 13.7. The van der Waals surface area contributed by atoms with E-state index in [1.165, 1.54) is 17.0 Å². The highest BCUT2D eigenvalue weighted by Gasteiger charge is 2.38. The number of phenolic OH excluding ortho intramolecular Hbond substituents is 1. The molecule has 0 spiro atoms. The third kappa shape index (κ3) is 8.15. The molecule has 0 fully saturated rings. The zero-order chi connectivity index (χ0) is 27.9. The highest BCUT2D eigenvalue weighted by molar-refractivity contribution is 7.80.